The Labute approximate surface area is 170 Å². The van der Waals surface area contributed by atoms with E-state index in [0.717, 1.165) is 23.3 Å². The molecule has 156 valence electrons. The lowest BCUT2D eigenvalue weighted by Crippen LogP contribution is -2.24. The van der Waals surface area contributed by atoms with Gasteiger partial charge in [-0.2, -0.15) is 0 Å². The molecule has 0 bridgehead atoms. The Balaban J connectivity index is 1.85. The third-order valence-corrected chi connectivity index (χ3v) is 5.47. The van der Waals surface area contributed by atoms with Gasteiger partial charge in [-0.15, -0.1) is 0 Å². The zero-order valence-electron chi connectivity index (χ0n) is 16.5. The number of fused-ring (bicyclic) bond motifs is 1. The van der Waals surface area contributed by atoms with Gasteiger partial charge in [-0.05, 0) is 44.2 Å². The fourth-order valence-corrected chi connectivity index (χ4v) is 3.76. The monoisotopic (exact) mass is 420 g/mol. The molecule has 0 fully saturated rings. The Morgan fingerprint density at radius 2 is 2.03 bits per heavy atom. The fourth-order valence-electron chi connectivity index (χ4n) is 3.22. The van der Waals surface area contributed by atoms with Gasteiger partial charge in [-0.3, -0.25) is 4.79 Å². The van der Waals surface area contributed by atoms with Crippen molar-refractivity contribution in [3.63, 3.8) is 0 Å². The Morgan fingerprint density at radius 1 is 1.28 bits per heavy atom. The summed E-state index contributed by atoms with van der Waals surface area (Å²) in [5.74, 6) is 1.20. The van der Waals surface area contributed by atoms with Crippen LogP contribution in [0.5, 0.6) is 17.2 Å². The van der Waals surface area contributed by atoms with Crippen molar-refractivity contribution >= 4 is 15.9 Å². The summed E-state index contributed by atoms with van der Waals surface area (Å²) in [6, 6.07) is 7.68. The Kier molecular flexibility index (Phi) is 5.99. The molecule has 0 aliphatic carbocycles. The van der Waals surface area contributed by atoms with Crippen LogP contribution in [0.15, 0.2) is 35.2 Å². The van der Waals surface area contributed by atoms with E-state index in [9.17, 15) is 13.2 Å². The lowest BCUT2D eigenvalue weighted by atomic mass is 10.1. The van der Waals surface area contributed by atoms with E-state index >= 15 is 0 Å². The molecule has 0 radical (unpaired) electrons. The van der Waals surface area contributed by atoms with Gasteiger partial charge in [-0.1, -0.05) is 0 Å². The van der Waals surface area contributed by atoms with E-state index in [2.05, 4.69) is 5.32 Å². The first-order valence-electron chi connectivity index (χ1n) is 9.17. The molecule has 3 rings (SSSR count). The Morgan fingerprint density at radius 3 is 2.69 bits per heavy atom. The number of carbonyl (C=O) groups is 1. The fraction of sp³-hybridized carbons (Fsp3) is 0.350. The number of rotatable bonds is 7. The number of ether oxygens (including phenoxy) is 3. The SMILES string of the molecule is CCOc1cc2c(cc1CNC(=O)c1cc(S(N)(=O)=O)ccc1OC)OC(C)C2. The van der Waals surface area contributed by atoms with Crippen molar-refractivity contribution in [2.24, 2.45) is 5.14 Å². The highest BCUT2D eigenvalue weighted by Gasteiger charge is 2.23. The standard InChI is InChI=1S/C20H24N2O6S/c1-4-27-18-8-13-7-12(2)28-19(13)9-14(18)11-22-20(23)16-10-15(29(21,24)25)5-6-17(16)26-3/h5-6,8-10,12H,4,7,11H2,1-3H3,(H,22,23)(H2,21,24,25). The van der Waals surface area contributed by atoms with E-state index in [4.69, 9.17) is 19.3 Å². The number of carbonyl (C=O) groups excluding carboxylic acids is 1. The molecule has 1 amide bonds. The first kappa shape index (κ1) is 20.9. The van der Waals surface area contributed by atoms with Crippen LogP contribution in [0.25, 0.3) is 0 Å². The minimum absolute atomic E-state index is 0.0722. The third-order valence-electron chi connectivity index (χ3n) is 4.56. The Hall–Kier alpha value is -2.78. The lowest BCUT2D eigenvalue weighted by molar-refractivity contribution is 0.0947. The number of primary sulfonamides is 1. The second kappa shape index (κ2) is 8.30. The van der Waals surface area contributed by atoms with Gasteiger partial charge in [0.25, 0.3) is 5.91 Å². The van der Waals surface area contributed by atoms with Crippen LogP contribution in [0.3, 0.4) is 0 Å². The largest absolute Gasteiger partial charge is 0.496 e. The van der Waals surface area contributed by atoms with E-state index in [0.29, 0.717) is 12.4 Å². The molecule has 1 aliphatic heterocycles. The van der Waals surface area contributed by atoms with E-state index in [1.54, 1.807) is 0 Å². The van der Waals surface area contributed by atoms with Crippen LogP contribution in [-0.4, -0.2) is 34.1 Å². The highest BCUT2D eigenvalue weighted by molar-refractivity contribution is 7.89. The topological polar surface area (TPSA) is 117 Å². The summed E-state index contributed by atoms with van der Waals surface area (Å²) in [5.41, 5.74) is 1.90. The molecule has 1 unspecified atom stereocenters. The summed E-state index contributed by atoms with van der Waals surface area (Å²) in [7, 11) is -2.55. The van der Waals surface area contributed by atoms with Crippen LogP contribution >= 0.6 is 0 Å². The van der Waals surface area contributed by atoms with E-state index in [-0.39, 0.29) is 28.9 Å². The van der Waals surface area contributed by atoms with Crippen LogP contribution < -0.4 is 24.7 Å². The molecular weight excluding hydrogens is 396 g/mol. The molecule has 8 nitrogen and oxygen atoms in total. The maximum Gasteiger partial charge on any atom is 0.255 e. The molecule has 1 heterocycles. The van der Waals surface area contributed by atoms with Crippen molar-refractivity contribution < 1.29 is 27.4 Å². The summed E-state index contributed by atoms with van der Waals surface area (Å²) in [5, 5.41) is 7.95. The highest BCUT2D eigenvalue weighted by atomic mass is 32.2. The predicted octanol–water partition coefficient (Wildman–Crippen LogP) is 1.99. The number of nitrogens with one attached hydrogen (secondary N) is 1. The first-order valence-corrected chi connectivity index (χ1v) is 10.7. The van der Waals surface area contributed by atoms with Crippen molar-refractivity contribution in [2.75, 3.05) is 13.7 Å². The van der Waals surface area contributed by atoms with Crippen molar-refractivity contribution in [3.8, 4) is 17.2 Å². The summed E-state index contributed by atoms with van der Waals surface area (Å²) in [4.78, 5) is 12.6. The number of amides is 1. The van der Waals surface area contributed by atoms with Gasteiger partial charge in [0.2, 0.25) is 10.0 Å². The third kappa shape index (κ3) is 4.63. The minimum atomic E-state index is -3.95. The van der Waals surface area contributed by atoms with Gasteiger partial charge in [0.1, 0.15) is 23.4 Å². The molecule has 0 aromatic heterocycles. The lowest BCUT2D eigenvalue weighted by Gasteiger charge is -2.14. The molecule has 1 aliphatic rings. The molecular formula is C20H24N2O6S. The predicted molar refractivity (Wildman–Crippen MR) is 107 cm³/mol. The van der Waals surface area contributed by atoms with Crippen LogP contribution in [0.2, 0.25) is 0 Å². The summed E-state index contributed by atoms with van der Waals surface area (Å²) >= 11 is 0. The second-order valence-corrected chi connectivity index (χ2v) is 8.28. The molecule has 1 atom stereocenters. The van der Waals surface area contributed by atoms with E-state index in [1.165, 1.54) is 25.3 Å². The number of hydrogen-bond acceptors (Lipinski definition) is 6. The average Bonchev–Trinajstić information content (AvgIpc) is 3.03. The quantitative estimate of drug-likeness (QED) is 0.708. The van der Waals surface area contributed by atoms with Gasteiger partial charge in [0.05, 0.1) is 24.2 Å². The van der Waals surface area contributed by atoms with Gasteiger partial charge in [0.15, 0.2) is 0 Å². The van der Waals surface area contributed by atoms with E-state index in [1.807, 2.05) is 26.0 Å². The smallest absolute Gasteiger partial charge is 0.255 e. The normalized spacial score (nSPS) is 15.4. The van der Waals surface area contributed by atoms with Crippen LogP contribution in [0, 0.1) is 0 Å². The van der Waals surface area contributed by atoms with Crippen LogP contribution in [0.1, 0.15) is 35.3 Å². The summed E-state index contributed by atoms with van der Waals surface area (Å²) in [6.45, 7) is 4.53. The molecule has 29 heavy (non-hydrogen) atoms. The van der Waals surface area contributed by atoms with Crippen molar-refractivity contribution in [1.29, 1.82) is 0 Å². The Bertz CT molecular complexity index is 1040. The second-order valence-electron chi connectivity index (χ2n) is 6.72. The molecule has 0 spiro atoms. The van der Waals surface area contributed by atoms with Crippen molar-refractivity contribution in [1.82, 2.24) is 5.32 Å². The molecule has 2 aromatic rings. The summed E-state index contributed by atoms with van der Waals surface area (Å²) < 4.78 is 39.9. The van der Waals surface area contributed by atoms with Gasteiger partial charge < -0.3 is 19.5 Å². The molecule has 0 saturated carbocycles. The van der Waals surface area contributed by atoms with Crippen LogP contribution in [-0.2, 0) is 23.0 Å². The van der Waals surface area contributed by atoms with Gasteiger partial charge >= 0.3 is 0 Å². The molecule has 9 heteroatoms. The number of nitrogens with two attached hydrogens (primary N) is 1. The van der Waals surface area contributed by atoms with Crippen molar-refractivity contribution in [2.45, 2.75) is 37.8 Å². The maximum absolute atomic E-state index is 12.7. The summed E-state index contributed by atoms with van der Waals surface area (Å²) in [6.07, 6.45) is 0.897. The molecule has 0 saturated heterocycles. The van der Waals surface area contributed by atoms with E-state index < -0.39 is 15.9 Å². The number of benzene rings is 2. The maximum atomic E-state index is 12.7. The zero-order chi connectivity index (χ0) is 21.2. The van der Waals surface area contributed by atoms with Gasteiger partial charge in [-0.25, -0.2) is 13.6 Å². The first-order chi connectivity index (χ1) is 13.7. The minimum Gasteiger partial charge on any atom is -0.496 e. The average molecular weight is 420 g/mol. The zero-order valence-corrected chi connectivity index (χ0v) is 17.3. The number of sulfonamides is 1. The van der Waals surface area contributed by atoms with Crippen LogP contribution in [0.4, 0.5) is 0 Å². The van der Waals surface area contributed by atoms with Crippen molar-refractivity contribution in [3.05, 3.63) is 47.0 Å². The molecule has 3 N–H and O–H groups in total. The number of hydrogen-bond donors (Lipinski definition) is 2. The highest BCUT2D eigenvalue weighted by Crippen LogP contribution is 2.35. The van der Waals surface area contributed by atoms with Gasteiger partial charge in [0, 0.05) is 24.1 Å². The molecule has 2 aromatic carbocycles. The number of methoxy groups -OCH3 is 1.